The van der Waals surface area contributed by atoms with Crippen LogP contribution in [0.4, 0.5) is 8.78 Å². The fourth-order valence-electron chi connectivity index (χ4n) is 3.33. The van der Waals surface area contributed by atoms with Gasteiger partial charge in [0.05, 0.1) is 12.1 Å². The van der Waals surface area contributed by atoms with Crippen LogP contribution in [0, 0.1) is 11.6 Å². The van der Waals surface area contributed by atoms with E-state index in [0.717, 1.165) is 38.4 Å². The van der Waals surface area contributed by atoms with Crippen LogP contribution in [-0.2, 0) is 0 Å². The van der Waals surface area contributed by atoms with Gasteiger partial charge in [0.25, 0.3) is 5.91 Å². The van der Waals surface area contributed by atoms with Crippen LogP contribution >= 0.6 is 0 Å². The van der Waals surface area contributed by atoms with Crippen LogP contribution in [-0.4, -0.2) is 28.8 Å². The van der Waals surface area contributed by atoms with Crippen molar-refractivity contribution in [3.8, 4) is 0 Å². The van der Waals surface area contributed by atoms with Gasteiger partial charge >= 0.3 is 0 Å². The summed E-state index contributed by atoms with van der Waals surface area (Å²) in [5.74, 6) is -1.63. The topological polar surface area (TPSA) is 59.0 Å². The SMILES string of the molecule is CCCC(NC(=O)c1ccn(C2CCCNC2)n1)c1ccc(F)cc1F. The quantitative estimate of drug-likeness (QED) is 0.828. The van der Waals surface area contributed by atoms with Crippen LogP contribution < -0.4 is 10.6 Å². The Balaban J connectivity index is 1.72. The van der Waals surface area contributed by atoms with Gasteiger partial charge in [0.15, 0.2) is 0 Å². The first-order valence-corrected chi connectivity index (χ1v) is 9.10. The van der Waals surface area contributed by atoms with E-state index >= 15 is 0 Å². The summed E-state index contributed by atoms with van der Waals surface area (Å²) >= 11 is 0. The van der Waals surface area contributed by atoms with Crippen molar-refractivity contribution in [1.82, 2.24) is 20.4 Å². The molecule has 1 aromatic carbocycles. The van der Waals surface area contributed by atoms with Crippen molar-refractivity contribution >= 4 is 5.91 Å². The Hall–Kier alpha value is -2.28. The number of benzene rings is 1. The lowest BCUT2D eigenvalue weighted by atomic mass is 10.0. The minimum absolute atomic E-state index is 0.242. The van der Waals surface area contributed by atoms with E-state index in [1.165, 1.54) is 12.1 Å². The van der Waals surface area contributed by atoms with Crippen molar-refractivity contribution in [3.05, 3.63) is 53.4 Å². The average molecular weight is 362 g/mol. The van der Waals surface area contributed by atoms with Gasteiger partial charge in [0, 0.05) is 24.4 Å². The van der Waals surface area contributed by atoms with Crippen molar-refractivity contribution in [2.75, 3.05) is 13.1 Å². The molecule has 0 spiro atoms. The van der Waals surface area contributed by atoms with E-state index < -0.39 is 17.7 Å². The lowest BCUT2D eigenvalue weighted by Gasteiger charge is -2.23. The molecule has 2 N–H and O–H groups in total. The van der Waals surface area contributed by atoms with E-state index in [9.17, 15) is 13.6 Å². The summed E-state index contributed by atoms with van der Waals surface area (Å²) in [6.07, 6.45) is 5.22. The molecule has 0 radical (unpaired) electrons. The van der Waals surface area contributed by atoms with Gasteiger partial charge in [-0.1, -0.05) is 19.4 Å². The molecule has 1 aliphatic heterocycles. The van der Waals surface area contributed by atoms with Gasteiger partial charge in [-0.05, 0) is 37.9 Å². The van der Waals surface area contributed by atoms with Gasteiger partial charge in [-0.25, -0.2) is 8.78 Å². The summed E-state index contributed by atoms with van der Waals surface area (Å²) in [5, 5.41) is 10.5. The minimum Gasteiger partial charge on any atom is -0.344 e. The van der Waals surface area contributed by atoms with Crippen LogP contribution in [0.25, 0.3) is 0 Å². The molecule has 1 aliphatic rings. The highest BCUT2D eigenvalue weighted by Gasteiger charge is 2.22. The number of rotatable bonds is 6. The van der Waals surface area contributed by atoms with Crippen molar-refractivity contribution in [1.29, 1.82) is 0 Å². The maximum Gasteiger partial charge on any atom is 0.272 e. The van der Waals surface area contributed by atoms with Crippen molar-refractivity contribution in [3.63, 3.8) is 0 Å². The van der Waals surface area contributed by atoms with Crippen LogP contribution in [0.3, 0.4) is 0 Å². The Morgan fingerprint density at radius 3 is 2.96 bits per heavy atom. The molecular formula is C19H24F2N4O. The zero-order chi connectivity index (χ0) is 18.5. The van der Waals surface area contributed by atoms with E-state index in [1.807, 2.05) is 11.6 Å². The second-order valence-corrected chi connectivity index (χ2v) is 6.66. The first-order valence-electron chi connectivity index (χ1n) is 9.10. The molecule has 5 nitrogen and oxygen atoms in total. The van der Waals surface area contributed by atoms with Crippen LogP contribution in [0.2, 0.25) is 0 Å². The molecule has 1 amide bonds. The summed E-state index contributed by atoms with van der Waals surface area (Å²) in [4.78, 5) is 12.6. The third kappa shape index (κ3) is 4.27. The second-order valence-electron chi connectivity index (χ2n) is 6.66. The maximum absolute atomic E-state index is 14.1. The predicted octanol–water partition coefficient (Wildman–Crippen LogP) is 3.36. The third-order valence-corrected chi connectivity index (χ3v) is 4.71. The molecule has 2 aromatic rings. The fourth-order valence-corrected chi connectivity index (χ4v) is 3.33. The molecule has 2 atom stereocenters. The number of aromatic nitrogens is 2. The van der Waals surface area contributed by atoms with Crippen molar-refractivity contribution in [2.45, 2.75) is 44.7 Å². The number of nitrogens with zero attached hydrogens (tertiary/aromatic N) is 2. The van der Waals surface area contributed by atoms with Crippen molar-refractivity contribution < 1.29 is 13.6 Å². The highest BCUT2D eigenvalue weighted by molar-refractivity contribution is 5.92. The van der Waals surface area contributed by atoms with Gasteiger partial charge in [0.1, 0.15) is 17.3 Å². The molecule has 140 valence electrons. The summed E-state index contributed by atoms with van der Waals surface area (Å²) in [7, 11) is 0. The molecular weight excluding hydrogens is 338 g/mol. The standard InChI is InChI=1S/C19H24F2N4O/c1-2-4-17(15-7-6-13(20)11-16(15)21)23-19(26)18-8-10-25(24-18)14-5-3-9-22-12-14/h6-8,10-11,14,17,22H,2-5,9,12H2,1H3,(H,23,26). The molecule has 1 saturated heterocycles. The molecule has 2 unspecified atom stereocenters. The van der Waals surface area contributed by atoms with Gasteiger partial charge < -0.3 is 10.6 Å². The molecule has 0 aliphatic carbocycles. The lowest BCUT2D eigenvalue weighted by Crippen LogP contribution is -2.32. The normalized spacial score (nSPS) is 18.5. The summed E-state index contributed by atoms with van der Waals surface area (Å²) in [6.45, 7) is 3.79. The summed E-state index contributed by atoms with van der Waals surface area (Å²) in [6, 6.07) is 4.83. The second kappa shape index (κ2) is 8.40. The van der Waals surface area contributed by atoms with E-state index in [2.05, 4.69) is 15.7 Å². The Labute approximate surface area is 151 Å². The molecule has 2 heterocycles. The van der Waals surface area contributed by atoms with E-state index in [0.29, 0.717) is 12.1 Å². The molecule has 3 rings (SSSR count). The highest BCUT2D eigenvalue weighted by Crippen LogP contribution is 2.23. The molecule has 1 aromatic heterocycles. The van der Waals surface area contributed by atoms with E-state index in [4.69, 9.17) is 0 Å². The number of halogens is 2. The van der Waals surface area contributed by atoms with Gasteiger partial charge in [-0.3, -0.25) is 9.48 Å². The number of nitrogens with one attached hydrogen (secondary N) is 2. The van der Waals surface area contributed by atoms with Crippen LogP contribution in [0.1, 0.15) is 60.7 Å². The monoisotopic (exact) mass is 362 g/mol. The predicted molar refractivity (Wildman–Crippen MR) is 94.8 cm³/mol. The van der Waals surface area contributed by atoms with Gasteiger partial charge in [-0.15, -0.1) is 0 Å². The van der Waals surface area contributed by atoms with Crippen molar-refractivity contribution in [2.24, 2.45) is 0 Å². The molecule has 0 bridgehead atoms. The molecule has 7 heteroatoms. The van der Waals surface area contributed by atoms with Crippen LogP contribution in [0.5, 0.6) is 0 Å². The molecule has 0 saturated carbocycles. The number of amides is 1. The number of carbonyl (C=O) groups excluding carboxylic acids is 1. The Bertz CT molecular complexity index is 756. The average Bonchev–Trinajstić information content (AvgIpc) is 3.12. The fraction of sp³-hybridized carbons (Fsp3) is 0.474. The molecule has 1 fully saturated rings. The first-order chi connectivity index (χ1) is 12.6. The van der Waals surface area contributed by atoms with Gasteiger partial charge in [-0.2, -0.15) is 5.10 Å². The van der Waals surface area contributed by atoms with Crippen LogP contribution in [0.15, 0.2) is 30.5 Å². The third-order valence-electron chi connectivity index (χ3n) is 4.71. The number of hydrogen-bond acceptors (Lipinski definition) is 3. The zero-order valence-corrected chi connectivity index (χ0v) is 14.8. The maximum atomic E-state index is 14.1. The Morgan fingerprint density at radius 1 is 1.42 bits per heavy atom. The summed E-state index contributed by atoms with van der Waals surface area (Å²) < 4.78 is 29.1. The lowest BCUT2D eigenvalue weighted by molar-refractivity contribution is 0.0927. The Kier molecular flexibility index (Phi) is 5.98. The zero-order valence-electron chi connectivity index (χ0n) is 14.8. The molecule has 26 heavy (non-hydrogen) atoms. The first kappa shape index (κ1) is 18.5. The Morgan fingerprint density at radius 2 is 2.27 bits per heavy atom. The number of hydrogen-bond donors (Lipinski definition) is 2. The van der Waals surface area contributed by atoms with E-state index in [-0.39, 0.29) is 17.5 Å². The smallest absolute Gasteiger partial charge is 0.272 e. The minimum atomic E-state index is -0.650. The summed E-state index contributed by atoms with van der Waals surface area (Å²) in [5.41, 5.74) is 0.594. The van der Waals surface area contributed by atoms with E-state index in [1.54, 1.807) is 12.3 Å². The number of piperidine rings is 1. The highest BCUT2D eigenvalue weighted by atomic mass is 19.1. The largest absolute Gasteiger partial charge is 0.344 e. The van der Waals surface area contributed by atoms with Gasteiger partial charge in [0.2, 0.25) is 0 Å². The number of carbonyl (C=O) groups is 1.